The van der Waals surface area contributed by atoms with Crippen LogP contribution in [0.15, 0.2) is 0 Å². The average molecular weight is 250 g/mol. The number of halogens is 6. The van der Waals surface area contributed by atoms with Crippen molar-refractivity contribution < 1.29 is 40.7 Å². The van der Waals surface area contributed by atoms with E-state index >= 15 is 0 Å². The Balaban J connectivity index is 5.10. The summed E-state index contributed by atoms with van der Waals surface area (Å²) in [7, 11) is 0. The fraction of sp³-hybridized carbons (Fsp3) is 0.571. The SMILES string of the molecule is CC(=O)C(F)C(=O)C(=O)C(F)(F)C(F)(F)F. The molecule has 0 amide bonds. The number of hydrogen-bond donors (Lipinski definition) is 0. The largest absolute Gasteiger partial charge is 0.461 e. The summed E-state index contributed by atoms with van der Waals surface area (Å²) in [5.74, 6) is -13.6. The predicted octanol–water partition coefficient (Wildman–Crippen LogP) is 1.25. The van der Waals surface area contributed by atoms with E-state index < -0.39 is 35.6 Å². The minimum absolute atomic E-state index is 0.432. The Morgan fingerprint density at radius 2 is 1.38 bits per heavy atom. The van der Waals surface area contributed by atoms with Crippen LogP contribution in [0.5, 0.6) is 0 Å². The molecule has 92 valence electrons. The van der Waals surface area contributed by atoms with E-state index in [4.69, 9.17) is 0 Å². The smallest absolute Gasteiger partial charge is 0.296 e. The van der Waals surface area contributed by atoms with Gasteiger partial charge in [-0.05, 0) is 6.92 Å². The molecular formula is C7H4F6O3. The van der Waals surface area contributed by atoms with Crippen LogP contribution in [0.2, 0.25) is 0 Å². The first-order valence-electron chi connectivity index (χ1n) is 3.60. The van der Waals surface area contributed by atoms with E-state index in [1.54, 1.807) is 0 Å². The van der Waals surface area contributed by atoms with Gasteiger partial charge in [0.25, 0.3) is 5.78 Å². The van der Waals surface area contributed by atoms with Crippen molar-refractivity contribution in [3.05, 3.63) is 0 Å². The molecule has 0 bridgehead atoms. The fourth-order valence-electron chi connectivity index (χ4n) is 0.583. The highest BCUT2D eigenvalue weighted by molar-refractivity contribution is 6.44. The van der Waals surface area contributed by atoms with Gasteiger partial charge in [0, 0.05) is 0 Å². The second kappa shape index (κ2) is 4.22. The lowest BCUT2D eigenvalue weighted by molar-refractivity contribution is -0.267. The van der Waals surface area contributed by atoms with Gasteiger partial charge in [0.2, 0.25) is 12.0 Å². The Hall–Kier alpha value is -1.41. The van der Waals surface area contributed by atoms with Crippen LogP contribution in [-0.4, -0.2) is 35.6 Å². The van der Waals surface area contributed by atoms with Gasteiger partial charge in [-0.1, -0.05) is 0 Å². The van der Waals surface area contributed by atoms with Crippen LogP contribution < -0.4 is 0 Å². The predicted molar refractivity (Wildman–Crippen MR) is 36.6 cm³/mol. The molecule has 0 N–H and O–H groups in total. The van der Waals surface area contributed by atoms with Crippen molar-refractivity contribution in [1.29, 1.82) is 0 Å². The third-order valence-electron chi connectivity index (χ3n) is 1.45. The van der Waals surface area contributed by atoms with E-state index in [1.807, 2.05) is 0 Å². The lowest BCUT2D eigenvalue weighted by Gasteiger charge is -2.17. The van der Waals surface area contributed by atoms with Crippen molar-refractivity contribution >= 4 is 17.3 Å². The minimum Gasteiger partial charge on any atom is -0.296 e. The molecule has 1 unspecified atom stereocenters. The molecule has 0 spiro atoms. The van der Waals surface area contributed by atoms with Crippen LogP contribution in [0.1, 0.15) is 6.92 Å². The molecular weight excluding hydrogens is 246 g/mol. The first-order valence-corrected chi connectivity index (χ1v) is 3.60. The Labute approximate surface area is 84.4 Å². The summed E-state index contributed by atoms with van der Waals surface area (Å²) in [5, 5.41) is 0. The first-order chi connectivity index (χ1) is 6.93. The Morgan fingerprint density at radius 3 is 1.62 bits per heavy atom. The molecule has 0 rings (SSSR count). The topological polar surface area (TPSA) is 51.2 Å². The number of rotatable bonds is 4. The summed E-state index contributed by atoms with van der Waals surface area (Å²) in [5.41, 5.74) is 0. The van der Waals surface area contributed by atoms with Crippen molar-refractivity contribution in [2.24, 2.45) is 0 Å². The number of Topliss-reactive ketones (excluding diaryl/α,β-unsaturated/α-hetero) is 3. The summed E-state index contributed by atoms with van der Waals surface area (Å²) in [6.45, 7) is 0.432. The zero-order valence-corrected chi connectivity index (χ0v) is 7.57. The van der Waals surface area contributed by atoms with Gasteiger partial charge in [-0.3, -0.25) is 14.4 Å². The van der Waals surface area contributed by atoms with E-state index in [2.05, 4.69) is 0 Å². The molecule has 0 fully saturated rings. The van der Waals surface area contributed by atoms with Crippen LogP contribution in [0.4, 0.5) is 26.3 Å². The maximum Gasteiger partial charge on any atom is 0.461 e. The fourth-order valence-corrected chi connectivity index (χ4v) is 0.583. The molecule has 0 aromatic carbocycles. The molecule has 0 radical (unpaired) electrons. The van der Waals surface area contributed by atoms with E-state index in [9.17, 15) is 40.7 Å². The highest BCUT2D eigenvalue weighted by Gasteiger charge is 2.65. The molecule has 0 aliphatic heterocycles. The molecule has 0 aromatic heterocycles. The molecule has 3 nitrogen and oxygen atoms in total. The monoisotopic (exact) mass is 250 g/mol. The first kappa shape index (κ1) is 14.6. The Kier molecular flexibility index (Phi) is 3.85. The second-order valence-corrected chi connectivity index (χ2v) is 2.74. The van der Waals surface area contributed by atoms with Gasteiger partial charge in [-0.15, -0.1) is 0 Å². The standard InChI is InChI=1S/C7H4F6O3/c1-2(14)3(8)4(15)5(16)6(9,10)7(11,12)13/h3H,1H3. The second-order valence-electron chi connectivity index (χ2n) is 2.74. The maximum absolute atomic E-state index is 12.5. The number of alkyl halides is 6. The van der Waals surface area contributed by atoms with E-state index in [0.717, 1.165) is 0 Å². The van der Waals surface area contributed by atoms with Crippen LogP contribution in [-0.2, 0) is 14.4 Å². The van der Waals surface area contributed by atoms with Crippen molar-refractivity contribution in [1.82, 2.24) is 0 Å². The van der Waals surface area contributed by atoms with E-state index in [1.165, 1.54) is 0 Å². The summed E-state index contributed by atoms with van der Waals surface area (Å²) in [4.78, 5) is 31.0. The van der Waals surface area contributed by atoms with E-state index in [-0.39, 0.29) is 0 Å². The third kappa shape index (κ3) is 2.58. The molecule has 0 saturated carbocycles. The summed E-state index contributed by atoms with van der Waals surface area (Å²) >= 11 is 0. The summed E-state index contributed by atoms with van der Waals surface area (Å²) < 4.78 is 71.7. The van der Waals surface area contributed by atoms with Crippen molar-refractivity contribution in [3.8, 4) is 0 Å². The van der Waals surface area contributed by atoms with Gasteiger partial charge in [-0.25, -0.2) is 4.39 Å². The summed E-state index contributed by atoms with van der Waals surface area (Å²) in [6.07, 6.45) is -9.61. The molecule has 0 aliphatic rings. The molecule has 0 saturated heterocycles. The van der Waals surface area contributed by atoms with Crippen LogP contribution in [0, 0.1) is 0 Å². The van der Waals surface area contributed by atoms with Crippen LogP contribution in [0.3, 0.4) is 0 Å². The normalized spacial score (nSPS) is 14.4. The lowest BCUT2D eigenvalue weighted by atomic mass is 10.0. The molecule has 0 aromatic rings. The molecule has 0 heterocycles. The van der Waals surface area contributed by atoms with Gasteiger partial charge in [0.1, 0.15) is 0 Å². The van der Waals surface area contributed by atoms with Gasteiger partial charge in [0.15, 0.2) is 5.78 Å². The number of hydrogen-bond acceptors (Lipinski definition) is 3. The van der Waals surface area contributed by atoms with Gasteiger partial charge < -0.3 is 0 Å². The molecule has 1 atom stereocenters. The highest BCUT2D eigenvalue weighted by atomic mass is 19.4. The van der Waals surface area contributed by atoms with Gasteiger partial charge >= 0.3 is 12.1 Å². The quantitative estimate of drug-likeness (QED) is 0.428. The van der Waals surface area contributed by atoms with Gasteiger partial charge in [0.05, 0.1) is 0 Å². The maximum atomic E-state index is 12.5. The van der Waals surface area contributed by atoms with Gasteiger partial charge in [-0.2, -0.15) is 22.0 Å². The third-order valence-corrected chi connectivity index (χ3v) is 1.45. The van der Waals surface area contributed by atoms with Crippen molar-refractivity contribution in [2.75, 3.05) is 0 Å². The van der Waals surface area contributed by atoms with Crippen molar-refractivity contribution in [2.45, 2.75) is 25.2 Å². The number of carbonyl (C=O) groups excluding carboxylic acids is 3. The Morgan fingerprint density at radius 1 is 1.00 bits per heavy atom. The number of carbonyl (C=O) groups is 3. The zero-order chi connectivity index (χ0) is 13.3. The van der Waals surface area contributed by atoms with E-state index in [0.29, 0.717) is 6.92 Å². The Bertz CT molecular complexity index is 332. The zero-order valence-electron chi connectivity index (χ0n) is 7.57. The molecule has 9 heteroatoms. The van der Waals surface area contributed by atoms with Crippen molar-refractivity contribution in [3.63, 3.8) is 0 Å². The molecule has 0 aliphatic carbocycles. The van der Waals surface area contributed by atoms with Crippen LogP contribution >= 0.6 is 0 Å². The minimum atomic E-state index is -6.31. The summed E-state index contributed by atoms with van der Waals surface area (Å²) in [6, 6.07) is 0. The average Bonchev–Trinajstić information content (AvgIpc) is 2.12. The molecule has 16 heavy (non-hydrogen) atoms. The highest BCUT2D eigenvalue weighted by Crippen LogP contribution is 2.36. The lowest BCUT2D eigenvalue weighted by Crippen LogP contribution is -2.50. The number of ketones is 3. The van der Waals surface area contributed by atoms with Crippen LogP contribution in [0.25, 0.3) is 0 Å².